The zero-order valence-electron chi connectivity index (χ0n) is 44.2. The van der Waals surface area contributed by atoms with Crippen molar-refractivity contribution in [2.24, 2.45) is 0 Å². The standard InChI is InChI=1S/C65H98O5/c1-3-5-7-9-11-13-15-17-19-21-23-25-27-28-29-30-31-32-33-34-35-36-38-40-42-44-46-48-50-52-54-56-58-60-65(68)70-63(61-66)62-69-64(67)59-57-55-53-51-49-47-45-43-41-39-37-26-24-22-20-18-16-14-12-10-8-6-4-2/h5-8,11-14,17-20,23-26,28-29,31-32,34-35,38-41,45,47,51,53,63,66H,3-4,9-10,15-16,21-22,27,30,33,36-37,42-44,46,48-50,52,54-62H2,1-2H3/b7-5-,8-6-,13-11-,14-12-,19-17-,20-18-,25-23-,26-24-,29-28-,32-31-,35-34-,40-38-,41-39-,47-45-,53-51-. The van der Waals surface area contributed by atoms with Crippen LogP contribution in [0.4, 0.5) is 0 Å². The quantitative estimate of drug-likeness (QED) is 0.0374. The fraction of sp³-hybridized carbons (Fsp3) is 0.508. The Morgan fingerprint density at radius 2 is 0.586 bits per heavy atom. The lowest BCUT2D eigenvalue weighted by Crippen LogP contribution is -2.28. The van der Waals surface area contributed by atoms with Gasteiger partial charge in [-0.2, -0.15) is 0 Å². The van der Waals surface area contributed by atoms with E-state index in [1.807, 2.05) is 0 Å². The summed E-state index contributed by atoms with van der Waals surface area (Å²) < 4.78 is 10.6. The number of carbonyl (C=O) groups excluding carboxylic acids is 2. The molecule has 0 aliphatic carbocycles. The van der Waals surface area contributed by atoms with Crippen molar-refractivity contribution < 1.29 is 24.2 Å². The lowest BCUT2D eigenvalue weighted by molar-refractivity contribution is -0.161. The van der Waals surface area contributed by atoms with E-state index >= 15 is 0 Å². The molecular weight excluding hydrogens is 861 g/mol. The summed E-state index contributed by atoms with van der Waals surface area (Å²) in [4.78, 5) is 24.5. The van der Waals surface area contributed by atoms with Gasteiger partial charge >= 0.3 is 11.9 Å². The van der Waals surface area contributed by atoms with Gasteiger partial charge in [-0.05, 0) is 128 Å². The summed E-state index contributed by atoms with van der Waals surface area (Å²) in [5, 5.41) is 9.64. The lowest BCUT2D eigenvalue weighted by atomic mass is 10.1. The Morgan fingerprint density at radius 3 is 0.900 bits per heavy atom. The summed E-state index contributed by atoms with van der Waals surface area (Å²) in [5.41, 5.74) is 0. The summed E-state index contributed by atoms with van der Waals surface area (Å²) in [5.74, 6) is -0.687. The fourth-order valence-electron chi connectivity index (χ4n) is 6.68. The molecule has 0 heterocycles. The van der Waals surface area contributed by atoms with E-state index in [9.17, 15) is 14.7 Å². The number of esters is 2. The van der Waals surface area contributed by atoms with Crippen molar-refractivity contribution in [3.05, 3.63) is 182 Å². The number of hydrogen-bond acceptors (Lipinski definition) is 5. The molecule has 0 aromatic carbocycles. The maximum absolute atomic E-state index is 12.3. The van der Waals surface area contributed by atoms with Gasteiger partial charge in [-0.15, -0.1) is 0 Å². The van der Waals surface area contributed by atoms with Gasteiger partial charge in [0, 0.05) is 12.8 Å². The predicted octanol–water partition coefficient (Wildman–Crippen LogP) is 18.7. The zero-order chi connectivity index (χ0) is 50.6. The molecule has 0 saturated heterocycles. The summed E-state index contributed by atoms with van der Waals surface area (Å²) in [6.07, 6.45) is 92.8. The first-order chi connectivity index (χ1) is 34.6. The highest BCUT2D eigenvalue weighted by molar-refractivity contribution is 5.70. The third-order valence-corrected chi connectivity index (χ3v) is 10.7. The minimum Gasteiger partial charge on any atom is -0.462 e. The summed E-state index contributed by atoms with van der Waals surface area (Å²) in [7, 11) is 0. The first-order valence-electron chi connectivity index (χ1n) is 27.3. The Morgan fingerprint density at radius 1 is 0.329 bits per heavy atom. The van der Waals surface area contributed by atoms with Crippen LogP contribution in [0.15, 0.2) is 182 Å². The predicted molar refractivity (Wildman–Crippen MR) is 306 cm³/mol. The topological polar surface area (TPSA) is 72.8 Å². The van der Waals surface area contributed by atoms with E-state index in [2.05, 4.69) is 196 Å². The maximum Gasteiger partial charge on any atom is 0.306 e. The first kappa shape index (κ1) is 65.0. The molecule has 0 aliphatic rings. The molecule has 0 aromatic heterocycles. The summed E-state index contributed by atoms with van der Waals surface area (Å²) in [6.45, 7) is 3.84. The third kappa shape index (κ3) is 55.6. The average molecular weight is 959 g/mol. The molecule has 0 bridgehead atoms. The molecule has 0 radical (unpaired) electrons. The van der Waals surface area contributed by atoms with Gasteiger partial charge in [0.15, 0.2) is 6.10 Å². The van der Waals surface area contributed by atoms with E-state index in [1.165, 1.54) is 32.1 Å². The number of aliphatic hydroxyl groups excluding tert-OH is 1. The number of hydrogen-bond donors (Lipinski definition) is 1. The van der Waals surface area contributed by atoms with E-state index < -0.39 is 6.10 Å². The minimum atomic E-state index is -0.817. The van der Waals surface area contributed by atoms with E-state index in [-0.39, 0.29) is 25.2 Å². The van der Waals surface area contributed by atoms with Crippen LogP contribution in [-0.2, 0) is 19.1 Å². The van der Waals surface area contributed by atoms with Crippen LogP contribution in [0.1, 0.15) is 194 Å². The maximum atomic E-state index is 12.3. The molecule has 1 N–H and O–H groups in total. The monoisotopic (exact) mass is 959 g/mol. The Hall–Kier alpha value is -5.00. The van der Waals surface area contributed by atoms with Crippen LogP contribution >= 0.6 is 0 Å². The van der Waals surface area contributed by atoms with Gasteiger partial charge in [0.25, 0.3) is 0 Å². The van der Waals surface area contributed by atoms with Crippen LogP contribution in [-0.4, -0.2) is 36.4 Å². The molecule has 0 aliphatic heterocycles. The second-order valence-corrected chi connectivity index (χ2v) is 17.2. The first-order valence-corrected chi connectivity index (χ1v) is 27.3. The third-order valence-electron chi connectivity index (χ3n) is 10.7. The summed E-state index contributed by atoms with van der Waals surface area (Å²) >= 11 is 0. The van der Waals surface area contributed by atoms with Crippen LogP contribution in [0.25, 0.3) is 0 Å². The van der Waals surface area contributed by atoms with Gasteiger partial charge in [0.05, 0.1) is 6.61 Å². The molecule has 5 nitrogen and oxygen atoms in total. The second kappa shape index (κ2) is 58.3. The van der Waals surface area contributed by atoms with Crippen LogP contribution < -0.4 is 0 Å². The van der Waals surface area contributed by atoms with Crippen LogP contribution in [0.3, 0.4) is 0 Å². The Kier molecular flexibility index (Phi) is 54.1. The molecule has 5 heteroatoms. The van der Waals surface area contributed by atoms with Gasteiger partial charge in [-0.3, -0.25) is 9.59 Å². The molecule has 0 spiro atoms. The molecule has 0 saturated carbocycles. The summed E-state index contributed by atoms with van der Waals surface area (Å²) in [6, 6.07) is 0. The zero-order valence-corrected chi connectivity index (χ0v) is 44.2. The Balaban J connectivity index is 3.70. The van der Waals surface area contributed by atoms with Crippen molar-refractivity contribution >= 4 is 11.9 Å². The van der Waals surface area contributed by atoms with E-state index in [0.717, 1.165) is 128 Å². The number of carbonyl (C=O) groups is 2. The highest BCUT2D eigenvalue weighted by Crippen LogP contribution is 2.12. The highest BCUT2D eigenvalue weighted by atomic mass is 16.6. The fourth-order valence-corrected chi connectivity index (χ4v) is 6.68. The molecule has 388 valence electrons. The molecule has 0 aromatic rings. The Bertz CT molecular complexity index is 1650. The van der Waals surface area contributed by atoms with Crippen molar-refractivity contribution in [3.8, 4) is 0 Å². The van der Waals surface area contributed by atoms with Gasteiger partial charge in [-0.25, -0.2) is 0 Å². The second-order valence-electron chi connectivity index (χ2n) is 17.2. The van der Waals surface area contributed by atoms with Crippen molar-refractivity contribution in [1.82, 2.24) is 0 Å². The highest BCUT2D eigenvalue weighted by Gasteiger charge is 2.16. The Labute approximate surface area is 429 Å². The normalized spacial score (nSPS) is 13.7. The number of allylic oxidation sites excluding steroid dienone is 30. The van der Waals surface area contributed by atoms with Crippen molar-refractivity contribution in [2.45, 2.75) is 200 Å². The SMILES string of the molecule is CC/C=C\C/C=C\C/C=C\C/C=C\C/C=C\C/C=C\C/C=C\C/C=C\CCCCCCCCCCC(=O)OC(CO)COC(=O)CCC/C=C\C/C=C\C/C=C\C/C=C\C/C=C\C/C=C\C/C=C\CC. The molecular formula is C65H98O5. The largest absolute Gasteiger partial charge is 0.462 e. The molecule has 0 amide bonds. The van der Waals surface area contributed by atoms with Crippen LogP contribution in [0.2, 0.25) is 0 Å². The number of ether oxygens (including phenoxy) is 2. The van der Waals surface area contributed by atoms with Gasteiger partial charge in [-0.1, -0.05) is 235 Å². The van der Waals surface area contributed by atoms with Crippen molar-refractivity contribution in [2.75, 3.05) is 13.2 Å². The van der Waals surface area contributed by atoms with Gasteiger partial charge in [0.2, 0.25) is 0 Å². The molecule has 1 unspecified atom stereocenters. The number of aliphatic hydroxyl groups is 1. The molecule has 0 fully saturated rings. The lowest BCUT2D eigenvalue weighted by Gasteiger charge is -2.15. The average Bonchev–Trinajstić information content (AvgIpc) is 3.36. The molecule has 0 rings (SSSR count). The molecule has 70 heavy (non-hydrogen) atoms. The van der Waals surface area contributed by atoms with E-state index in [0.29, 0.717) is 19.3 Å². The van der Waals surface area contributed by atoms with Crippen molar-refractivity contribution in [3.63, 3.8) is 0 Å². The van der Waals surface area contributed by atoms with Crippen LogP contribution in [0, 0.1) is 0 Å². The van der Waals surface area contributed by atoms with E-state index in [1.54, 1.807) is 0 Å². The van der Waals surface area contributed by atoms with Gasteiger partial charge < -0.3 is 14.6 Å². The minimum absolute atomic E-state index is 0.113. The number of unbranched alkanes of at least 4 members (excludes halogenated alkanes) is 9. The van der Waals surface area contributed by atoms with E-state index in [4.69, 9.17) is 9.47 Å². The van der Waals surface area contributed by atoms with Gasteiger partial charge in [0.1, 0.15) is 6.61 Å². The van der Waals surface area contributed by atoms with Crippen molar-refractivity contribution in [1.29, 1.82) is 0 Å². The molecule has 1 atom stereocenters. The smallest absolute Gasteiger partial charge is 0.306 e. The van der Waals surface area contributed by atoms with Crippen LogP contribution in [0.5, 0.6) is 0 Å². The number of rotatable bonds is 47.